The second-order valence-electron chi connectivity index (χ2n) is 1.69. The van der Waals surface area contributed by atoms with Gasteiger partial charge in [-0.3, -0.25) is 14.9 Å². The lowest BCUT2D eigenvalue weighted by atomic mass is 10.4. The van der Waals surface area contributed by atoms with Gasteiger partial charge in [-0.15, -0.1) is 0 Å². The fourth-order valence-corrected chi connectivity index (χ4v) is 1.55. The number of carbonyl (C=O) groups is 1. The van der Waals surface area contributed by atoms with Gasteiger partial charge < -0.3 is 0 Å². The number of rotatable bonds is 2. The number of thiophene rings is 1. The molecule has 0 saturated heterocycles. The van der Waals surface area contributed by atoms with Crippen LogP contribution in [0.5, 0.6) is 0 Å². The summed E-state index contributed by atoms with van der Waals surface area (Å²) >= 11 is 6.25. The Morgan fingerprint density at radius 2 is 2.36 bits per heavy atom. The van der Waals surface area contributed by atoms with Crippen LogP contribution in [0.15, 0.2) is 6.07 Å². The van der Waals surface area contributed by atoms with Crippen LogP contribution in [-0.4, -0.2) is 11.2 Å². The highest BCUT2D eigenvalue weighted by Crippen LogP contribution is 2.31. The fraction of sp³-hybridized carbons (Fsp3) is 0. The molecule has 0 saturated carbocycles. The van der Waals surface area contributed by atoms with Crippen LogP contribution >= 0.6 is 22.9 Å². The van der Waals surface area contributed by atoms with Gasteiger partial charge in [-0.1, -0.05) is 22.9 Å². The highest BCUT2D eigenvalue weighted by atomic mass is 35.5. The van der Waals surface area contributed by atoms with Crippen molar-refractivity contribution in [3.63, 3.8) is 0 Å². The molecule has 1 rings (SSSR count). The van der Waals surface area contributed by atoms with Crippen LogP contribution in [0.4, 0.5) is 5.00 Å². The molecule has 1 aromatic rings. The van der Waals surface area contributed by atoms with Crippen LogP contribution in [0.25, 0.3) is 0 Å². The topological polar surface area (TPSA) is 60.2 Å². The van der Waals surface area contributed by atoms with Crippen molar-refractivity contribution in [2.45, 2.75) is 0 Å². The summed E-state index contributed by atoms with van der Waals surface area (Å²) in [6.07, 6.45) is 0.492. The molecule has 6 heteroatoms. The average molecular weight is 192 g/mol. The third kappa shape index (κ3) is 1.55. The maximum absolute atomic E-state index is 10.2. The zero-order valence-corrected chi connectivity index (χ0v) is 6.69. The standard InChI is InChI=1S/C5H2ClNO3S/c6-5-3(2-8)1-4(11-5)7(9)10/h1-2H. The van der Waals surface area contributed by atoms with E-state index >= 15 is 0 Å². The van der Waals surface area contributed by atoms with Crippen LogP contribution in [0.2, 0.25) is 4.34 Å². The molecule has 1 heterocycles. The SMILES string of the molecule is O=Cc1cc([N+](=O)[O-])sc1Cl. The quantitative estimate of drug-likeness (QED) is 0.409. The van der Waals surface area contributed by atoms with E-state index in [9.17, 15) is 14.9 Å². The largest absolute Gasteiger partial charge is 0.326 e. The molecule has 0 bridgehead atoms. The third-order valence-corrected chi connectivity index (χ3v) is 2.35. The van der Waals surface area contributed by atoms with Crippen LogP contribution < -0.4 is 0 Å². The lowest BCUT2D eigenvalue weighted by Crippen LogP contribution is -1.81. The molecule has 4 nitrogen and oxygen atoms in total. The molecule has 11 heavy (non-hydrogen) atoms. The molecule has 0 N–H and O–H groups in total. The van der Waals surface area contributed by atoms with E-state index in [0.717, 1.165) is 17.4 Å². The van der Waals surface area contributed by atoms with Crippen LogP contribution in [-0.2, 0) is 0 Å². The maximum Gasteiger partial charge on any atom is 0.326 e. The minimum Gasteiger partial charge on any atom is -0.298 e. The van der Waals surface area contributed by atoms with Gasteiger partial charge in [0, 0.05) is 6.07 Å². The number of hydrogen-bond donors (Lipinski definition) is 0. The van der Waals surface area contributed by atoms with Crippen molar-refractivity contribution in [2.75, 3.05) is 0 Å². The Kier molecular flexibility index (Phi) is 2.21. The van der Waals surface area contributed by atoms with E-state index in [4.69, 9.17) is 11.6 Å². The molecule has 1 aromatic heterocycles. The molecule has 0 aliphatic heterocycles. The van der Waals surface area contributed by atoms with Gasteiger partial charge >= 0.3 is 5.00 Å². The first-order valence-corrected chi connectivity index (χ1v) is 3.73. The zero-order valence-electron chi connectivity index (χ0n) is 5.11. The normalized spacial score (nSPS) is 9.55. The molecule has 0 aliphatic rings. The number of halogens is 1. The van der Waals surface area contributed by atoms with Crippen molar-refractivity contribution in [1.82, 2.24) is 0 Å². The first-order valence-electron chi connectivity index (χ1n) is 2.54. The van der Waals surface area contributed by atoms with Gasteiger partial charge in [-0.25, -0.2) is 0 Å². The molecule has 58 valence electrons. The second kappa shape index (κ2) is 2.98. The lowest BCUT2D eigenvalue weighted by Gasteiger charge is -1.77. The number of aldehydes is 1. The van der Waals surface area contributed by atoms with Crippen molar-refractivity contribution in [1.29, 1.82) is 0 Å². The minimum atomic E-state index is -0.580. The molecule has 0 spiro atoms. The highest BCUT2D eigenvalue weighted by Gasteiger charge is 2.13. The average Bonchev–Trinajstić information content (AvgIpc) is 2.31. The fourth-order valence-electron chi connectivity index (χ4n) is 0.540. The molecule has 0 aliphatic carbocycles. The predicted octanol–water partition coefficient (Wildman–Crippen LogP) is 2.12. The van der Waals surface area contributed by atoms with Gasteiger partial charge in [0.15, 0.2) is 6.29 Å². The van der Waals surface area contributed by atoms with Crippen molar-refractivity contribution < 1.29 is 9.72 Å². The summed E-state index contributed by atoms with van der Waals surface area (Å²) < 4.78 is 0.159. The van der Waals surface area contributed by atoms with Crippen LogP contribution in [0, 0.1) is 10.1 Å². The van der Waals surface area contributed by atoms with Crippen molar-refractivity contribution >= 4 is 34.2 Å². The number of hydrogen-bond acceptors (Lipinski definition) is 4. The van der Waals surface area contributed by atoms with E-state index in [1.54, 1.807) is 0 Å². The summed E-state index contributed by atoms with van der Waals surface area (Å²) in [5, 5.41) is 10.0. The Bertz CT molecular complexity index is 309. The van der Waals surface area contributed by atoms with E-state index in [1.165, 1.54) is 0 Å². The van der Waals surface area contributed by atoms with Crippen LogP contribution in [0.1, 0.15) is 10.4 Å². The molecular formula is C5H2ClNO3S. The summed E-state index contributed by atoms with van der Waals surface area (Å²) in [5.41, 5.74) is 0.170. The first-order chi connectivity index (χ1) is 5.15. The summed E-state index contributed by atoms with van der Waals surface area (Å²) in [6.45, 7) is 0. The zero-order chi connectivity index (χ0) is 8.43. The lowest BCUT2D eigenvalue weighted by molar-refractivity contribution is -0.380. The molecule has 0 radical (unpaired) electrons. The van der Waals surface area contributed by atoms with Gasteiger partial charge in [0.2, 0.25) is 0 Å². The smallest absolute Gasteiger partial charge is 0.298 e. The van der Waals surface area contributed by atoms with E-state index in [1.807, 2.05) is 0 Å². The Labute approximate surface area is 70.6 Å². The molecule has 0 unspecified atom stereocenters. The predicted molar refractivity (Wildman–Crippen MR) is 41.4 cm³/mol. The first kappa shape index (κ1) is 8.16. The number of carbonyl (C=O) groups excluding carboxylic acids is 1. The Morgan fingerprint density at radius 3 is 2.64 bits per heavy atom. The van der Waals surface area contributed by atoms with E-state index in [-0.39, 0.29) is 14.9 Å². The second-order valence-corrected chi connectivity index (χ2v) is 3.32. The monoisotopic (exact) mass is 191 g/mol. The van der Waals surface area contributed by atoms with Crippen molar-refractivity contribution in [2.24, 2.45) is 0 Å². The van der Waals surface area contributed by atoms with Gasteiger partial charge in [0.1, 0.15) is 4.34 Å². The van der Waals surface area contributed by atoms with E-state index < -0.39 is 4.92 Å². The Morgan fingerprint density at radius 1 is 1.73 bits per heavy atom. The summed E-state index contributed by atoms with van der Waals surface area (Å²) in [6, 6.07) is 1.15. The Hall–Kier alpha value is -0.940. The Balaban J connectivity index is 3.14. The maximum atomic E-state index is 10.2. The van der Waals surface area contributed by atoms with E-state index in [0.29, 0.717) is 6.29 Å². The molecule has 0 aromatic carbocycles. The number of nitrogens with zero attached hydrogens (tertiary/aromatic N) is 1. The highest BCUT2D eigenvalue weighted by molar-refractivity contribution is 7.19. The summed E-state index contributed by atoms with van der Waals surface area (Å²) in [4.78, 5) is 19.7. The van der Waals surface area contributed by atoms with Gasteiger partial charge in [-0.05, 0) is 0 Å². The molecule has 0 amide bonds. The van der Waals surface area contributed by atoms with Gasteiger partial charge in [-0.2, -0.15) is 0 Å². The van der Waals surface area contributed by atoms with Gasteiger partial charge in [0.05, 0.1) is 10.5 Å². The number of nitro groups is 1. The molecule has 0 atom stereocenters. The summed E-state index contributed by atoms with van der Waals surface area (Å²) in [5.74, 6) is 0. The minimum absolute atomic E-state index is 0.114. The van der Waals surface area contributed by atoms with Crippen LogP contribution in [0.3, 0.4) is 0 Å². The van der Waals surface area contributed by atoms with E-state index in [2.05, 4.69) is 0 Å². The molecular weight excluding hydrogens is 190 g/mol. The summed E-state index contributed by atoms with van der Waals surface area (Å²) in [7, 11) is 0. The van der Waals surface area contributed by atoms with Gasteiger partial charge in [0.25, 0.3) is 0 Å². The van der Waals surface area contributed by atoms with Crippen molar-refractivity contribution in [3.05, 3.63) is 26.1 Å². The third-order valence-electron chi connectivity index (χ3n) is 1.01. The molecule has 0 fully saturated rings. The van der Waals surface area contributed by atoms with Crippen molar-refractivity contribution in [3.8, 4) is 0 Å².